The van der Waals surface area contributed by atoms with Gasteiger partial charge in [0.25, 0.3) is 0 Å². The number of nitrogens with zero attached hydrogens (tertiary/aromatic N) is 1. The molecule has 4 aliphatic rings. The Morgan fingerprint density at radius 1 is 1.24 bits per heavy atom. The number of rotatable bonds is 6. The molecule has 138 valence electrons. The van der Waals surface area contributed by atoms with Gasteiger partial charge in [-0.2, -0.15) is 0 Å². The van der Waals surface area contributed by atoms with Crippen LogP contribution in [0.25, 0.3) is 0 Å². The summed E-state index contributed by atoms with van der Waals surface area (Å²) in [5.74, 6) is 5.15. The molecule has 4 nitrogen and oxygen atoms in total. The molecule has 25 heavy (non-hydrogen) atoms. The van der Waals surface area contributed by atoms with Crippen LogP contribution in [-0.2, 0) is 10.5 Å². The van der Waals surface area contributed by atoms with Crippen LogP contribution >= 0.6 is 11.8 Å². The zero-order chi connectivity index (χ0) is 17.6. The average Bonchev–Trinajstić information content (AvgIpc) is 2.85. The number of hydrogen-bond acceptors (Lipinski definition) is 4. The number of hydrogen-bond donors (Lipinski definition) is 1. The van der Waals surface area contributed by atoms with Crippen LogP contribution in [0.2, 0.25) is 0 Å². The maximum absolute atomic E-state index is 12.5. The van der Waals surface area contributed by atoms with Gasteiger partial charge < -0.3 is 9.84 Å². The SMILES string of the molecule is Cc1noc(C)c1CSCC(=O)NC(C)C12CC3CC(CC(C3)C1)C2. The van der Waals surface area contributed by atoms with Gasteiger partial charge in [-0.3, -0.25) is 4.79 Å². The Morgan fingerprint density at radius 3 is 2.36 bits per heavy atom. The van der Waals surface area contributed by atoms with E-state index < -0.39 is 0 Å². The highest BCUT2D eigenvalue weighted by atomic mass is 32.2. The van der Waals surface area contributed by atoms with E-state index in [1.807, 2.05) is 13.8 Å². The topological polar surface area (TPSA) is 55.1 Å². The predicted octanol–water partition coefficient (Wildman–Crippen LogP) is 4.25. The van der Waals surface area contributed by atoms with Gasteiger partial charge in [0.15, 0.2) is 0 Å². The number of thioether (sulfide) groups is 1. The second-order valence-corrected chi connectivity index (χ2v) is 9.85. The first kappa shape index (κ1) is 17.4. The van der Waals surface area contributed by atoms with Gasteiger partial charge in [0, 0.05) is 17.4 Å². The zero-order valence-electron chi connectivity index (χ0n) is 15.6. The highest BCUT2D eigenvalue weighted by molar-refractivity contribution is 7.99. The summed E-state index contributed by atoms with van der Waals surface area (Å²) in [6.07, 6.45) is 8.37. The van der Waals surface area contributed by atoms with Gasteiger partial charge in [0.1, 0.15) is 5.76 Å². The van der Waals surface area contributed by atoms with Crippen LogP contribution in [0.5, 0.6) is 0 Å². The molecule has 0 saturated heterocycles. The Hall–Kier alpha value is -0.970. The number of carbonyl (C=O) groups excluding carboxylic acids is 1. The summed E-state index contributed by atoms with van der Waals surface area (Å²) >= 11 is 1.65. The van der Waals surface area contributed by atoms with E-state index in [2.05, 4.69) is 17.4 Å². The lowest BCUT2D eigenvalue weighted by Gasteiger charge is -2.59. The monoisotopic (exact) mass is 362 g/mol. The lowest BCUT2D eigenvalue weighted by molar-refractivity contribution is -0.123. The smallest absolute Gasteiger partial charge is 0.230 e. The molecule has 5 rings (SSSR count). The fourth-order valence-electron chi connectivity index (χ4n) is 6.10. The van der Waals surface area contributed by atoms with Crippen molar-refractivity contribution in [2.75, 3.05) is 5.75 Å². The molecule has 4 fully saturated rings. The summed E-state index contributed by atoms with van der Waals surface area (Å²) in [6.45, 7) is 6.15. The first-order valence-corrected chi connectivity index (χ1v) is 10.9. The van der Waals surface area contributed by atoms with Crippen LogP contribution in [0.1, 0.15) is 62.5 Å². The van der Waals surface area contributed by atoms with Crippen LogP contribution in [0, 0.1) is 37.0 Å². The van der Waals surface area contributed by atoms with E-state index in [9.17, 15) is 4.79 Å². The Labute approximate surface area is 154 Å². The van der Waals surface area contributed by atoms with E-state index >= 15 is 0 Å². The third kappa shape index (κ3) is 3.36. The number of carbonyl (C=O) groups is 1. The highest BCUT2D eigenvalue weighted by Gasteiger charge is 2.53. The Balaban J connectivity index is 1.29. The number of nitrogens with one attached hydrogen (secondary N) is 1. The van der Waals surface area contributed by atoms with Gasteiger partial charge in [-0.15, -0.1) is 11.8 Å². The first-order chi connectivity index (χ1) is 11.9. The van der Waals surface area contributed by atoms with Crippen LogP contribution in [0.3, 0.4) is 0 Å². The lowest BCUT2D eigenvalue weighted by atomic mass is 9.48. The molecule has 0 aromatic carbocycles. The van der Waals surface area contributed by atoms with Crippen molar-refractivity contribution >= 4 is 17.7 Å². The summed E-state index contributed by atoms with van der Waals surface area (Å²) in [6, 6.07) is 0.313. The molecule has 4 saturated carbocycles. The van der Waals surface area contributed by atoms with E-state index in [0.29, 0.717) is 17.2 Å². The van der Waals surface area contributed by atoms with Gasteiger partial charge >= 0.3 is 0 Å². The number of amides is 1. The van der Waals surface area contributed by atoms with E-state index in [4.69, 9.17) is 4.52 Å². The lowest BCUT2D eigenvalue weighted by Crippen LogP contribution is -2.56. The van der Waals surface area contributed by atoms with E-state index in [1.54, 1.807) is 11.8 Å². The summed E-state index contributed by atoms with van der Waals surface area (Å²) in [5.41, 5.74) is 2.45. The molecule has 1 aromatic heterocycles. The minimum absolute atomic E-state index is 0.181. The van der Waals surface area contributed by atoms with Crippen molar-refractivity contribution in [3.05, 3.63) is 17.0 Å². The van der Waals surface area contributed by atoms with Gasteiger partial charge in [-0.25, -0.2) is 0 Å². The van der Waals surface area contributed by atoms with Crippen molar-refractivity contribution in [1.82, 2.24) is 10.5 Å². The van der Waals surface area contributed by atoms with Crippen molar-refractivity contribution in [1.29, 1.82) is 0 Å². The Bertz CT molecular complexity index is 599. The van der Waals surface area contributed by atoms with Crippen molar-refractivity contribution < 1.29 is 9.32 Å². The Morgan fingerprint density at radius 2 is 1.84 bits per heavy atom. The fraction of sp³-hybridized carbons (Fsp3) is 0.800. The molecule has 1 aromatic rings. The maximum atomic E-state index is 12.5. The van der Waals surface area contributed by atoms with Gasteiger partial charge in [-0.1, -0.05) is 5.16 Å². The van der Waals surface area contributed by atoms with Crippen LogP contribution in [0.15, 0.2) is 4.52 Å². The largest absolute Gasteiger partial charge is 0.361 e. The van der Waals surface area contributed by atoms with E-state index in [1.165, 1.54) is 38.5 Å². The van der Waals surface area contributed by atoms with E-state index in [0.717, 1.165) is 40.5 Å². The number of aryl methyl sites for hydroxylation is 2. The molecule has 0 spiro atoms. The van der Waals surface area contributed by atoms with Gasteiger partial charge in [-0.05, 0) is 82.5 Å². The quantitative estimate of drug-likeness (QED) is 0.822. The van der Waals surface area contributed by atoms with Crippen LogP contribution < -0.4 is 5.32 Å². The molecule has 5 heteroatoms. The molecule has 1 heterocycles. The second kappa shape index (κ2) is 6.64. The highest BCUT2D eigenvalue weighted by Crippen LogP contribution is 2.61. The van der Waals surface area contributed by atoms with Crippen molar-refractivity contribution in [3.8, 4) is 0 Å². The minimum atomic E-state index is 0.181. The first-order valence-electron chi connectivity index (χ1n) is 9.74. The molecular formula is C20H30N2O2S. The van der Waals surface area contributed by atoms with Crippen LogP contribution in [0.4, 0.5) is 0 Å². The minimum Gasteiger partial charge on any atom is -0.361 e. The third-order valence-electron chi connectivity index (χ3n) is 7.04. The van der Waals surface area contributed by atoms with Crippen molar-refractivity contribution in [3.63, 3.8) is 0 Å². The Kier molecular flexibility index (Phi) is 4.63. The third-order valence-corrected chi connectivity index (χ3v) is 8.00. The number of aromatic nitrogens is 1. The predicted molar refractivity (Wildman–Crippen MR) is 100 cm³/mol. The molecule has 1 N–H and O–H groups in total. The normalized spacial score (nSPS) is 34.3. The second-order valence-electron chi connectivity index (χ2n) is 8.86. The molecule has 1 atom stereocenters. The van der Waals surface area contributed by atoms with E-state index in [-0.39, 0.29) is 5.91 Å². The summed E-state index contributed by atoms with van der Waals surface area (Å²) < 4.78 is 5.19. The molecule has 0 aliphatic heterocycles. The zero-order valence-corrected chi connectivity index (χ0v) is 16.5. The van der Waals surface area contributed by atoms with Crippen LogP contribution in [-0.4, -0.2) is 22.9 Å². The van der Waals surface area contributed by atoms with Crippen molar-refractivity contribution in [2.24, 2.45) is 23.2 Å². The molecular weight excluding hydrogens is 332 g/mol. The van der Waals surface area contributed by atoms with Crippen molar-refractivity contribution in [2.45, 2.75) is 71.1 Å². The summed E-state index contributed by atoms with van der Waals surface area (Å²) in [7, 11) is 0. The van der Waals surface area contributed by atoms with Gasteiger partial charge in [0.2, 0.25) is 5.91 Å². The molecule has 1 unspecified atom stereocenters. The maximum Gasteiger partial charge on any atom is 0.230 e. The molecule has 4 bridgehead atoms. The molecule has 1 amide bonds. The average molecular weight is 363 g/mol. The van der Waals surface area contributed by atoms with Gasteiger partial charge in [0.05, 0.1) is 11.4 Å². The molecule has 0 radical (unpaired) electrons. The standard InChI is InChI=1S/C20H30N2O2S/c1-12-18(13(2)24-22-12)10-25-11-19(23)21-14(3)20-7-15-4-16(8-20)6-17(5-15)9-20/h14-17H,4-11H2,1-3H3,(H,21,23). The fourth-order valence-corrected chi connectivity index (χ4v) is 7.09. The summed E-state index contributed by atoms with van der Waals surface area (Å²) in [5, 5.41) is 7.33. The summed E-state index contributed by atoms with van der Waals surface area (Å²) in [4.78, 5) is 12.5. The molecule has 4 aliphatic carbocycles.